The van der Waals surface area contributed by atoms with Crippen LogP contribution >= 0.6 is 22.6 Å². The predicted molar refractivity (Wildman–Crippen MR) is 108 cm³/mol. The number of nitrogens with zero attached hydrogens (tertiary/aromatic N) is 2. The third-order valence-electron chi connectivity index (χ3n) is 3.34. The molecule has 0 saturated heterocycles. The van der Waals surface area contributed by atoms with Crippen LogP contribution in [0.1, 0.15) is 15.9 Å². The topological polar surface area (TPSA) is 73.8 Å². The standard InChI is InChI=1S/C18H19IN4O2/c1-23(2)14-9-7-13(8-10-14)11-21-22-17(24)12-20-18(25)15-5-3-4-6-16(15)19/h3-11H,12H2,1-2H3,(H,20,25)(H,22,24)/b21-11-. The van der Waals surface area contributed by atoms with Crippen molar-refractivity contribution in [2.45, 2.75) is 0 Å². The van der Waals surface area contributed by atoms with Crippen molar-refractivity contribution in [3.05, 3.63) is 63.2 Å². The molecule has 2 aromatic carbocycles. The van der Waals surface area contributed by atoms with Crippen molar-refractivity contribution in [1.82, 2.24) is 10.7 Å². The van der Waals surface area contributed by atoms with Gasteiger partial charge < -0.3 is 10.2 Å². The van der Waals surface area contributed by atoms with Crippen LogP contribution in [-0.4, -0.2) is 38.7 Å². The Morgan fingerprint density at radius 2 is 1.80 bits per heavy atom. The summed E-state index contributed by atoms with van der Waals surface area (Å²) >= 11 is 2.08. The SMILES string of the molecule is CN(C)c1ccc(/C=N\NC(=O)CNC(=O)c2ccccc2I)cc1. The van der Waals surface area contributed by atoms with Gasteiger partial charge in [-0.15, -0.1) is 0 Å². The molecule has 0 atom stereocenters. The van der Waals surface area contributed by atoms with E-state index in [9.17, 15) is 9.59 Å². The van der Waals surface area contributed by atoms with Crippen LogP contribution in [0.2, 0.25) is 0 Å². The van der Waals surface area contributed by atoms with Gasteiger partial charge in [-0.3, -0.25) is 9.59 Å². The molecule has 0 bridgehead atoms. The zero-order chi connectivity index (χ0) is 18.2. The first-order chi connectivity index (χ1) is 12.0. The molecule has 0 unspecified atom stereocenters. The maximum atomic E-state index is 12.0. The second kappa shape index (κ2) is 9.16. The second-order valence-corrected chi connectivity index (χ2v) is 6.60. The van der Waals surface area contributed by atoms with E-state index >= 15 is 0 Å². The van der Waals surface area contributed by atoms with E-state index < -0.39 is 0 Å². The molecule has 0 aliphatic heterocycles. The van der Waals surface area contributed by atoms with Crippen LogP contribution in [0.3, 0.4) is 0 Å². The van der Waals surface area contributed by atoms with Gasteiger partial charge in [-0.25, -0.2) is 5.43 Å². The van der Waals surface area contributed by atoms with E-state index in [2.05, 4.69) is 38.4 Å². The summed E-state index contributed by atoms with van der Waals surface area (Å²) in [6.07, 6.45) is 1.55. The van der Waals surface area contributed by atoms with Gasteiger partial charge in [0.1, 0.15) is 0 Å². The molecule has 0 spiro atoms. The molecule has 0 aromatic heterocycles. The van der Waals surface area contributed by atoms with Gasteiger partial charge in [0.05, 0.1) is 18.3 Å². The first-order valence-electron chi connectivity index (χ1n) is 7.59. The molecule has 2 amide bonds. The van der Waals surface area contributed by atoms with E-state index in [0.29, 0.717) is 5.56 Å². The number of carbonyl (C=O) groups is 2. The summed E-state index contributed by atoms with van der Waals surface area (Å²) in [5, 5.41) is 6.47. The number of halogens is 1. The zero-order valence-electron chi connectivity index (χ0n) is 14.0. The molecular formula is C18H19IN4O2. The van der Waals surface area contributed by atoms with Crippen molar-refractivity contribution < 1.29 is 9.59 Å². The van der Waals surface area contributed by atoms with Gasteiger partial charge in [-0.2, -0.15) is 5.10 Å². The highest BCUT2D eigenvalue weighted by Gasteiger charge is 2.10. The molecule has 0 aliphatic carbocycles. The molecule has 2 aromatic rings. The lowest BCUT2D eigenvalue weighted by molar-refractivity contribution is -0.120. The molecule has 2 rings (SSSR count). The van der Waals surface area contributed by atoms with E-state index in [1.54, 1.807) is 18.3 Å². The van der Waals surface area contributed by atoms with Crippen LogP contribution in [0.15, 0.2) is 53.6 Å². The molecule has 7 heteroatoms. The lowest BCUT2D eigenvalue weighted by atomic mass is 10.2. The average Bonchev–Trinajstić information content (AvgIpc) is 2.60. The number of hydrogen-bond donors (Lipinski definition) is 2. The number of nitrogens with one attached hydrogen (secondary N) is 2. The van der Waals surface area contributed by atoms with Crippen molar-refractivity contribution >= 4 is 46.3 Å². The molecular weight excluding hydrogens is 431 g/mol. The Hall–Kier alpha value is -2.42. The Labute approximate surface area is 160 Å². The third kappa shape index (κ3) is 5.86. The summed E-state index contributed by atoms with van der Waals surface area (Å²) in [7, 11) is 3.93. The van der Waals surface area contributed by atoms with Gasteiger partial charge in [-0.05, 0) is 52.4 Å². The molecule has 0 heterocycles. The quantitative estimate of drug-likeness (QED) is 0.403. The molecule has 25 heavy (non-hydrogen) atoms. The Morgan fingerprint density at radius 3 is 2.44 bits per heavy atom. The number of rotatable bonds is 6. The highest BCUT2D eigenvalue weighted by atomic mass is 127. The van der Waals surface area contributed by atoms with Crippen molar-refractivity contribution in [1.29, 1.82) is 0 Å². The highest BCUT2D eigenvalue weighted by Crippen LogP contribution is 2.11. The Bertz CT molecular complexity index is 773. The molecule has 2 N–H and O–H groups in total. The van der Waals surface area contributed by atoms with Crippen molar-refractivity contribution in [3.63, 3.8) is 0 Å². The Kier molecular flexibility index (Phi) is 6.93. The fourth-order valence-corrected chi connectivity index (χ4v) is 2.61. The third-order valence-corrected chi connectivity index (χ3v) is 4.28. The Balaban J connectivity index is 1.80. The number of amides is 2. The van der Waals surface area contributed by atoms with Crippen molar-refractivity contribution in [3.8, 4) is 0 Å². The van der Waals surface area contributed by atoms with Crippen LogP contribution in [-0.2, 0) is 4.79 Å². The van der Waals surface area contributed by atoms with Crippen molar-refractivity contribution in [2.75, 3.05) is 25.5 Å². The van der Waals surface area contributed by atoms with Crippen LogP contribution in [0.4, 0.5) is 5.69 Å². The van der Waals surface area contributed by atoms with E-state index in [1.165, 1.54) is 0 Å². The number of benzene rings is 2. The van der Waals surface area contributed by atoms with E-state index in [0.717, 1.165) is 14.8 Å². The zero-order valence-corrected chi connectivity index (χ0v) is 16.1. The van der Waals surface area contributed by atoms with Crippen LogP contribution in [0.25, 0.3) is 0 Å². The Morgan fingerprint density at radius 1 is 1.12 bits per heavy atom. The summed E-state index contributed by atoms with van der Waals surface area (Å²) in [5.41, 5.74) is 4.89. The first kappa shape index (κ1) is 18.9. The fourth-order valence-electron chi connectivity index (χ4n) is 1.98. The minimum Gasteiger partial charge on any atom is -0.378 e. The van der Waals surface area contributed by atoms with Crippen LogP contribution in [0, 0.1) is 3.57 Å². The van der Waals surface area contributed by atoms with Gasteiger partial charge in [0.25, 0.3) is 11.8 Å². The van der Waals surface area contributed by atoms with Crippen LogP contribution in [0.5, 0.6) is 0 Å². The number of anilines is 1. The maximum Gasteiger partial charge on any atom is 0.259 e. The monoisotopic (exact) mass is 450 g/mol. The highest BCUT2D eigenvalue weighted by molar-refractivity contribution is 14.1. The van der Waals surface area contributed by atoms with Gasteiger partial charge in [0, 0.05) is 23.4 Å². The minimum absolute atomic E-state index is 0.138. The first-order valence-corrected chi connectivity index (χ1v) is 8.67. The van der Waals surface area contributed by atoms with E-state index in [1.807, 2.05) is 55.4 Å². The van der Waals surface area contributed by atoms with Gasteiger partial charge in [0.15, 0.2) is 0 Å². The second-order valence-electron chi connectivity index (χ2n) is 5.44. The van der Waals surface area contributed by atoms with E-state index in [4.69, 9.17) is 0 Å². The molecule has 0 fully saturated rings. The van der Waals surface area contributed by atoms with Gasteiger partial charge in [0.2, 0.25) is 0 Å². The fraction of sp³-hybridized carbons (Fsp3) is 0.167. The predicted octanol–water partition coefficient (Wildman–Crippen LogP) is 2.24. The smallest absolute Gasteiger partial charge is 0.259 e. The maximum absolute atomic E-state index is 12.0. The van der Waals surface area contributed by atoms with E-state index in [-0.39, 0.29) is 18.4 Å². The molecule has 0 radical (unpaired) electrons. The summed E-state index contributed by atoms with van der Waals surface area (Å²) in [4.78, 5) is 25.8. The normalized spacial score (nSPS) is 10.5. The average molecular weight is 450 g/mol. The van der Waals surface area contributed by atoms with Gasteiger partial charge >= 0.3 is 0 Å². The largest absolute Gasteiger partial charge is 0.378 e. The molecule has 130 valence electrons. The molecule has 0 aliphatic rings. The number of hydrazone groups is 1. The lowest BCUT2D eigenvalue weighted by Crippen LogP contribution is -2.35. The number of hydrogen-bond acceptors (Lipinski definition) is 4. The summed E-state index contributed by atoms with van der Waals surface area (Å²) < 4.78 is 0.831. The van der Waals surface area contributed by atoms with Gasteiger partial charge in [-0.1, -0.05) is 24.3 Å². The summed E-state index contributed by atoms with van der Waals surface area (Å²) in [6, 6.07) is 14.9. The van der Waals surface area contributed by atoms with Crippen LogP contribution < -0.4 is 15.6 Å². The molecule has 6 nitrogen and oxygen atoms in total. The number of carbonyl (C=O) groups excluding carboxylic acids is 2. The molecule has 0 saturated carbocycles. The summed E-state index contributed by atoms with van der Waals surface area (Å²) in [6.45, 7) is -0.138. The summed E-state index contributed by atoms with van der Waals surface area (Å²) in [5.74, 6) is -0.677. The lowest BCUT2D eigenvalue weighted by Gasteiger charge is -2.11. The van der Waals surface area contributed by atoms with Crippen molar-refractivity contribution in [2.24, 2.45) is 5.10 Å². The minimum atomic E-state index is -0.388.